The largest absolute Gasteiger partial charge is 0.464 e. The number of nitrogens with zero attached hydrogens (tertiary/aromatic N) is 2. The Bertz CT molecular complexity index is 488. The highest BCUT2D eigenvalue weighted by atomic mass is 16.5. The van der Waals surface area contributed by atoms with Gasteiger partial charge in [-0.2, -0.15) is 0 Å². The molecule has 0 saturated carbocycles. The van der Waals surface area contributed by atoms with Gasteiger partial charge in [0, 0.05) is 6.04 Å². The molecule has 0 atom stereocenters. The smallest absolute Gasteiger partial charge is 0.356 e. The third kappa shape index (κ3) is 3.57. The fraction of sp³-hybridized carbons (Fsp3) is 0.417. The Balaban J connectivity index is 3.21. The summed E-state index contributed by atoms with van der Waals surface area (Å²) in [7, 11) is 1.27. The molecule has 0 unspecified atom stereocenters. The lowest BCUT2D eigenvalue weighted by molar-refractivity contribution is -0.116. The van der Waals surface area contributed by atoms with Gasteiger partial charge in [0.1, 0.15) is 0 Å². The van der Waals surface area contributed by atoms with Crippen molar-refractivity contribution in [2.45, 2.75) is 19.9 Å². The van der Waals surface area contributed by atoms with E-state index in [1.54, 1.807) is 11.0 Å². The van der Waals surface area contributed by atoms with E-state index in [0.717, 1.165) is 0 Å². The summed E-state index contributed by atoms with van der Waals surface area (Å²) >= 11 is 0. The Hall–Kier alpha value is -2.31. The molecule has 0 radical (unpaired) electrons. The van der Waals surface area contributed by atoms with Gasteiger partial charge in [-0.15, -0.1) is 0 Å². The maximum absolute atomic E-state index is 11.5. The molecule has 7 nitrogen and oxygen atoms in total. The van der Waals surface area contributed by atoms with Crippen molar-refractivity contribution in [1.29, 1.82) is 0 Å². The van der Waals surface area contributed by atoms with Gasteiger partial charge >= 0.3 is 5.97 Å². The molecule has 0 fully saturated rings. The summed E-state index contributed by atoms with van der Waals surface area (Å²) in [6.45, 7) is 3.71. The quantitative estimate of drug-likeness (QED) is 0.734. The predicted molar refractivity (Wildman–Crippen MR) is 71.7 cm³/mol. The second-order valence-electron chi connectivity index (χ2n) is 4.29. The molecule has 0 saturated heterocycles. The Kier molecular flexibility index (Phi) is 4.68. The Labute approximate surface area is 111 Å². The van der Waals surface area contributed by atoms with Gasteiger partial charge in [-0.25, -0.2) is 9.78 Å². The number of aromatic nitrogens is 1. The number of anilines is 2. The number of nitrogens with two attached hydrogens (primary N) is 2. The second-order valence-corrected chi connectivity index (χ2v) is 4.29. The molecule has 0 spiro atoms. The number of primary amides is 1. The first-order chi connectivity index (χ1) is 8.86. The maximum Gasteiger partial charge on any atom is 0.356 e. The van der Waals surface area contributed by atoms with Crippen LogP contribution in [-0.4, -0.2) is 36.6 Å². The highest BCUT2D eigenvalue weighted by molar-refractivity contribution is 5.89. The van der Waals surface area contributed by atoms with Crippen LogP contribution in [0.5, 0.6) is 0 Å². The minimum Gasteiger partial charge on any atom is -0.464 e. The third-order valence-corrected chi connectivity index (χ3v) is 2.52. The molecular weight excluding hydrogens is 248 g/mol. The number of methoxy groups -OCH3 is 1. The molecule has 19 heavy (non-hydrogen) atoms. The SMILES string of the molecule is COC(=O)c1ccc(N)c(N(CC(N)=O)C(C)C)n1. The number of ether oxygens (including phenoxy) is 1. The maximum atomic E-state index is 11.5. The summed E-state index contributed by atoms with van der Waals surface area (Å²) < 4.78 is 4.60. The topological polar surface area (TPSA) is 112 Å². The van der Waals surface area contributed by atoms with Crippen LogP contribution in [0.25, 0.3) is 0 Å². The van der Waals surface area contributed by atoms with Crippen molar-refractivity contribution in [2.24, 2.45) is 5.73 Å². The Morgan fingerprint density at radius 2 is 2.05 bits per heavy atom. The first kappa shape index (κ1) is 14.7. The summed E-state index contributed by atoms with van der Waals surface area (Å²) in [6.07, 6.45) is 0. The number of esters is 1. The molecule has 0 aliphatic rings. The lowest BCUT2D eigenvalue weighted by atomic mass is 10.2. The molecule has 1 aromatic heterocycles. The molecule has 1 heterocycles. The molecule has 4 N–H and O–H groups in total. The van der Waals surface area contributed by atoms with Crippen molar-refractivity contribution in [1.82, 2.24) is 4.98 Å². The van der Waals surface area contributed by atoms with Crippen LogP contribution in [0.1, 0.15) is 24.3 Å². The van der Waals surface area contributed by atoms with E-state index in [2.05, 4.69) is 9.72 Å². The summed E-state index contributed by atoms with van der Waals surface area (Å²) in [4.78, 5) is 28.3. The van der Waals surface area contributed by atoms with E-state index in [-0.39, 0.29) is 18.3 Å². The molecule has 1 aromatic rings. The van der Waals surface area contributed by atoms with E-state index >= 15 is 0 Å². The summed E-state index contributed by atoms with van der Waals surface area (Å²) in [5.41, 5.74) is 11.5. The first-order valence-corrected chi connectivity index (χ1v) is 5.76. The number of amides is 1. The number of carbonyl (C=O) groups excluding carboxylic acids is 2. The van der Waals surface area contributed by atoms with Crippen molar-refractivity contribution >= 4 is 23.4 Å². The lowest BCUT2D eigenvalue weighted by Crippen LogP contribution is -2.39. The van der Waals surface area contributed by atoms with Crippen LogP contribution in [0.2, 0.25) is 0 Å². The van der Waals surface area contributed by atoms with E-state index in [4.69, 9.17) is 11.5 Å². The zero-order chi connectivity index (χ0) is 14.6. The van der Waals surface area contributed by atoms with Crippen LogP contribution < -0.4 is 16.4 Å². The molecule has 0 aliphatic carbocycles. The number of carbonyl (C=O) groups is 2. The van der Waals surface area contributed by atoms with Gasteiger partial charge in [0.2, 0.25) is 5.91 Å². The van der Waals surface area contributed by atoms with Crippen LogP contribution in [-0.2, 0) is 9.53 Å². The highest BCUT2D eigenvalue weighted by Crippen LogP contribution is 2.22. The number of hydrogen-bond acceptors (Lipinski definition) is 6. The monoisotopic (exact) mass is 266 g/mol. The van der Waals surface area contributed by atoms with Gasteiger partial charge in [0.25, 0.3) is 0 Å². The number of hydrogen-bond donors (Lipinski definition) is 2. The summed E-state index contributed by atoms with van der Waals surface area (Å²) in [5.74, 6) is -0.723. The van der Waals surface area contributed by atoms with Crippen molar-refractivity contribution in [2.75, 3.05) is 24.3 Å². The Morgan fingerprint density at radius 1 is 1.42 bits per heavy atom. The van der Waals surface area contributed by atoms with Crippen molar-refractivity contribution in [3.05, 3.63) is 17.8 Å². The van der Waals surface area contributed by atoms with Gasteiger partial charge in [0.05, 0.1) is 19.3 Å². The predicted octanol–water partition coefficient (Wildman–Crippen LogP) is 0.151. The standard InChI is InChI=1S/C12H18N4O3/c1-7(2)16(6-10(14)17)11-8(13)4-5-9(15-11)12(18)19-3/h4-5,7H,6,13H2,1-3H3,(H2,14,17). The summed E-state index contributed by atoms with van der Waals surface area (Å²) in [5, 5.41) is 0. The van der Waals surface area contributed by atoms with Gasteiger partial charge in [-0.1, -0.05) is 0 Å². The molecule has 0 aromatic carbocycles. The minimum absolute atomic E-state index is 0.0283. The van der Waals surface area contributed by atoms with Gasteiger partial charge < -0.3 is 21.1 Å². The minimum atomic E-state index is -0.566. The summed E-state index contributed by atoms with van der Waals surface area (Å²) in [6, 6.07) is 2.97. The molecule has 0 bridgehead atoms. The van der Waals surface area contributed by atoms with Gasteiger partial charge in [0.15, 0.2) is 11.5 Å². The highest BCUT2D eigenvalue weighted by Gasteiger charge is 2.19. The number of nitrogen functional groups attached to an aromatic ring is 1. The van der Waals surface area contributed by atoms with E-state index < -0.39 is 11.9 Å². The van der Waals surface area contributed by atoms with Crippen LogP contribution in [0.15, 0.2) is 12.1 Å². The van der Waals surface area contributed by atoms with Crippen molar-refractivity contribution in [3.63, 3.8) is 0 Å². The number of rotatable bonds is 5. The van der Waals surface area contributed by atoms with Gasteiger partial charge in [-0.3, -0.25) is 4.79 Å². The zero-order valence-corrected chi connectivity index (χ0v) is 11.2. The van der Waals surface area contributed by atoms with Gasteiger partial charge in [-0.05, 0) is 26.0 Å². The first-order valence-electron chi connectivity index (χ1n) is 5.76. The molecule has 104 valence electrons. The van der Waals surface area contributed by atoms with Crippen molar-refractivity contribution < 1.29 is 14.3 Å². The number of pyridine rings is 1. The average Bonchev–Trinajstić information content (AvgIpc) is 2.35. The van der Waals surface area contributed by atoms with E-state index in [1.165, 1.54) is 13.2 Å². The third-order valence-electron chi connectivity index (χ3n) is 2.52. The molecule has 1 amide bonds. The van der Waals surface area contributed by atoms with Crippen LogP contribution >= 0.6 is 0 Å². The lowest BCUT2D eigenvalue weighted by Gasteiger charge is -2.27. The fourth-order valence-electron chi connectivity index (χ4n) is 1.58. The normalized spacial score (nSPS) is 10.3. The molecule has 7 heteroatoms. The van der Waals surface area contributed by atoms with Crippen molar-refractivity contribution in [3.8, 4) is 0 Å². The molecular formula is C12H18N4O3. The Morgan fingerprint density at radius 3 is 2.53 bits per heavy atom. The van der Waals surface area contributed by atoms with Crippen LogP contribution in [0.4, 0.5) is 11.5 Å². The average molecular weight is 266 g/mol. The zero-order valence-electron chi connectivity index (χ0n) is 11.2. The molecule has 1 rings (SSSR count). The molecule has 0 aliphatic heterocycles. The van der Waals surface area contributed by atoms with E-state index in [1.807, 2.05) is 13.8 Å². The fourth-order valence-corrected chi connectivity index (χ4v) is 1.58. The van der Waals surface area contributed by atoms with Crippen LogP contribution in [0.3, 0.4) is 0 Å². The van der Waals surface area contributed by atoms with E-state index in [9.17, 15) is 9.59 Å². The van der Waals surface area contributed by atoms with Crippen LogP contribution in [0, 0.1) is 0 Å². The van der Waals surface area contributed by atoms with E-state index in [0.29, 0.717) is 11.5 Å². The second kappa shape index (κ2) is 6.03.